The lowest BCUT2D eigenvalue weighted by molar-refractivity contribution is -0.143. The van der Waals surface area contributed by atoms with Gasteiger partial charge >= 0.3 is 11.9 Å². The zero-order chi connectivity index (χ0) is 11.9. The molecule has 0 saturated heterocycles. The summed E-state index contributed by atoms with van der Waals surface area (Å²) < 4.78 is 0. The van der Waals surface area contributed by atoms with Gasteiger partial charge in [0, 0.05) is 6.42 Å². The van der Waals surface area contributed by atoms with E-state index in [4.69, 9.17) is 20.7 Å². The molecule has 0 aliphatic heterocycles. The van der Waals surface area contributed by atoms with Gasteiger partial charge in [-0.25, -0.2) is 4.79 Å². The van der Waals surface area contributed by atoms with Gasteiger partial charge < -0.3 is 10.2 Å². The molecule has 0 fully saturated rings. The van der Waals surface area contributed by atoms with E-state index in [1.165, 1.54) is 12.1 Å². The number of hydrogen-bond acceptors (Lipinski definition) is 4. The van der Waals surface area contributed by atoms with Gasteiger partial charge in [-0.1, -0.05) is 0 Å². The Balaban J connectivity index is 4.24. The van der Waals surface area contributed by atoms with Gasteiger partial charge in [-0.15, -0.1) is 0 Å². The molecule has 0 spiro atoms. The second kappa shape index (κ2) is 5.61. The summed E-state index contributed by atoms with van der Waals surface area (Å²) in [6, 6.07) is 2.89. The Morgan fingerprint density at radius 3 is 2.00 bits per heavy atom. The molecule has 0 amide bonds. The van der Waals surface area contributed by atoms with Crippen LogP contribution in [-0.4, -0.2) is 22.2 Å². The number of carboxylic acids is 2. The molecule has 0 rings (SSSR count). The number of nitriles is 2. The molecule has 0 saturated carbocycles. The van der Waals surface area contributed by atoms with Gasteiger partial charge in [0.05, 0.1) is 12.1 Å². The van der Waals surface area contributed by atoms with Crippen LogP contribution in [0.3, 0.4) is 0 Å². The largest absolute Gasteiger partial charge is 0.481 e. The molecule has 0 aliphatic rings. The maximum Gasteiger partial charge on any atom is 0.338 e. The summed E-state index contributed by atoms with van der Waals surface area (Å²) in [6.45, 7) is 0. The molecule has 0 unspecified atom stereocenters. The van der Waals surface area contributed by atoms with Crippen molar-refractivity contribution in [1.82, 2.24) is 0 Å². The third-order valence-electron chi connectivity index (χ3n) is 1.94. The quantitative estimate of drug-likeness (QED) is 0.623. The van der Waals surface area contributed by atoms with Crippen LogP contribution in [0.15, 0.2) is 0 Å². The van der Waals surface area contributed by atoms with Crippen molar-refractivity contribution < 1.29 is 19.8 Å². The van der Waals surface area contributed by atoms with Crippen molar-refractivity contribution in [2.45, 2.75) is 25.7 Å². The van der Waals surface area contributed by atoms with Gasteiger partial charge in [-0.3, -0.25) is 4.79 Å². The molecule has 0 aromatic rings. The van der Waals surface area contributed by atoms with E-state index in [0.29, 0.717) is 0 Å². The van der Waals surface area contributed by atoms with E-state index < -0.39 is 17.4 Å². The minimum atomic E-state index is -2.04. The van der Waals surface area contributed by atoms with Crippen molar-refractivity contribution in [2.24, 2.45) is 5.41 Å². The molecule has 0 aromatic heterocycles. The number of unbranched alkanes of at least 4 members (excludes halogenated alkanes) is 1. The van der Waals surface area contributed by atoms with Crippen molar-refractivity contribution in [3.63, 3.8) is 0 Å². The highest BCUT2D eigenvalue weighted by Gasteiger charge is 2.38. The summed E-state index contributed by atoms with van der Waals surface area (Å²) in [4.78, 5) is 20.8. The molecule has 0 atom stereocenters. The Hall–Kier alpha value is -2.08. The first kappa shape index (κ1) is 12.9. The number of aliphatic carboxylic acids is 2. The van der Waals surface area contributed by atoms with E-state index >= 15 is 0 Å². The maximum absolute atomic E-state index is 10.7. The van der Waals surface area contributed by atoms with Gasteiger partial charge in [0.2, 0.25) is 5.41 Å². The van der Waals surface area contributed by atoms with Crippen molar-refractivity contribution in [1.29, 1.82) is 10.5 Å². The fourth-order valence-corrected chi connectivity index (χ4v) is 1.01. The van der Waals surface area contributed by atoms with Gasteiger partial charge in [0.15, 0.2) is 0 Å². The van der Waals surface area contributed by atoms with Crippen LogP contribution in [0.4, 0.5) is 0 Å². The van der Waals surface area contributed by atoms with Crippen molar-refractivity contribution >= 4 is 11.9 Å². The van der Waals surface area contributed by atoms with Crippen LogP contribution in [-0.2, 0) is 9.59 Å². The smallest absolute Gasteiger partial charge is 0.338 e. The molecule has 0 heterocycles. The fraction of sp³-hybridized carbons (Fsp3) is 0.556. The fourth-order valence-electron chi connectivity index (χ4n) is 1.01. The Labute approximate surface area is 86.4 Å². The first-order valence-electron chi connectivity index (χ1n) is 4.26. The summed E-state index contributed by atoms with van der Waals surface area (Å²) in [5, 5.41) is 34.2. The molecular formula is C9H10N2O4. The van der Waals surface area contributed by atoms with Gasteiger partial charge in [-0.2, -0.15) is 10.5 Å². The number of rotatable bonds is 6. The highest BCUT2D eigenvalue weighted by atomic mass is 16.4. The minimum absolute atomic E-state index is 0.0907. The normalized spacial score (nSPS) is 10.0. The third kappa shape index (κ3) is 3.65. The van der Waals surface area contributed by atoms with E-state index in [2.05, 4.69) is 0 Å². The molecule has 6 nitrogen and oxygen atoms in total. The van der Waals surface area contributed by atoms with Crippen LogP contribution in [0.25, 0.3) is 0 Å². The molecule has 6 heteroatoms. The Morgan fingerprint density at radius 2 is 1.67 bits per heavy atom. The van der Waals surface area contributed by atoms with Crippen LogP contribution < -0.4 is 0 Å². The zero-order valence-corrected chi connectivity index (χ0v) is 7.93. The SMILES string of the molecule is N#CC(C#N)(CCCCC(=O)O)C(=O)O. The van der Waals surface area contributed by atoms with Gasteiger partial charge in [-0.05, 0) is 19.3 Å². The highest BCUT2D eigenvalue weighted by Crippen LogP contribution is 2.23. The average molecular weight is 210 g/mol. The average Bonchev–Trinajstić information content (AvgIpc) is 2.18. The van der Waals surface area contributed by atoms with Crippen molar-refractivity contribution in [3.8, 4) is 12.1 Å². The van der Waals surface area contributed by atoms with E-state index in [0.717, 1.165) is 0 Å². The first-order valence-corrected chi connectivity index (χ1v) is 4.26. The molecule has 0 aliphatic carbocycles. The summed E-state index contributed by atoms with van der Waals surface area (Å²) >= 11 is 0. The molecule has 0 radical (unpaired) electrons. The molecular weight excluding hydrogens is 200 g/mol. The zero-order valence-electron chi connectivity index (χ0n) is 7.93. The predicted octanol–water partition coefficient (Wildman–Crippen LogP) is 0.750. The first-order chi connectivity index (χ1) is 6.98. The predicted molar refractivity (Wildman–Crippen MR) is 47.4 cm³/mol. The number of carbonyl (C=O) groups is 2. The second-order valence-electron chi connectivity index (χ2n) is 3.03. The second-order valence-corrected chi connectivity index (χ2v) is 3.03. The molecule has 0 aromatic carbocycles. The maximum atomic E-state index is 10.7. The number of carboxylic acid groups (broad SMARTS) is 2. The van der Waals surface area contributed by atoms with Gasteiger partial charge in [0.25, 0.3) is 0 Å². The lowest BCUT2D eigenvalue weighted by atomic mass is 9.86. The van der Waals surface area contributed by atoms with E-state index in [1.54, 1.807) is 0 Å². The van der Waals surface area contributed by atoms with Crippen molar-refractivity contribution in [3.05, 3.63) is 0 Å². The molecule has 2 N–H and O–H groups in total. The van der Waals surface area contributed by atoms with Crippen LogP contribution in [0.1, 0.15) is 25.7 Å². The van der Waals surface area contributed by atoms with Crippen molar-refractivity contribution in [2.75, 3.05) is 0 Å². The van der Waals surface area contributed by atoms with Crippen LogP contribution >= 0.6 is 0 Å². The van der Waals surface area contributed by atoms with E-state index in [-0.39, 0.29) is 25.7 Å². The number of hydrogen-bond donors (Lipinski definition) is 2. The molecule has 80 valence electrons. The lowest BCUT2D eigenvalue weighted by Gasteiger charge is -2.11. The molecule has 0 bridgehead atoms. The molecule has 15 heavy (non-hydrogen) atoms. The summed E-state index contributed by atoms with van der Waals surface area (Å²) in [5.41, 5.74) is -2.04. The van der Waals surface area contributed by atoms with E-state index in [1.807, 2.05) is 0 Å². The third-order valence-corrected chi connectivity index (χ3v) is 1.94. The monoisotopic (exact) mass is 210 g/mol. The minimum Gasteiger partial charge on any atom is -0.481 e. The Morgan fingerprint density at radius 1 is 1.13 bits per heavy atom. The van der Waals surface area contributed by atoms with Crippen LogP contribution in [0.2, 0.25) is 0 Å². The summed E-state index contributed by atoms with van der Waals surface area (Å²) in [5.74, 6) is -2.47. The van der Waals surface area contributed by atoms with Crippen LogP contribution in [0.5, 0.6) is 0 Å². The lowest BCUT2D eigenvalue weighted by Crippen LogP contribution is -2.27. The topological polar surface area (TPSA) is 122 Å². The highest BCUT2D eigenvalue weighted by molar-refractivity contribution is 5.81. The Bertz CT molecular complexity index is 323. The number of nitrogens with zero attached hydrogens (tertiary/aromatic N) is 2. The summed E-state index contributed by atoms with van der Waals surface area (Å²) in [7, 11) is 0. The summed E-state index contributed by atoms with van der Waals surface area (Å²) in [6.07, 6.45) is 0.239. The standard InChI is InChI=1S/C9H10N2O4/c10-5-9(6-11,8(14)15)4-2-1-3-7(12)13/h1-4H2,(H,12,13)(H,14,15). The van der Waals surface area contributed by atoms with Crippen LogP contribution in [0, 0.1) is 28.1 Å². The van der Waals surface area contributed by atoms with Gasteiger partial charge in [0.1, 0.15) is 0 Å². The van der Waals surface area contributed by atoms with E-state index in [9.17, 15) is 9.59 Å². The Kier molecular flexibility index (Phi) is 4.83.